The highest BCUT2D eigenvalue weighted by atomic mass is 16.5. The number of Topliss-reactive ketones (excluding diaryl/α,β-unsaturated/α-hetero) is 1. The van der Waals surface area contributed by atoms with Crippen molar-refractivity contribution in [2.45, 2.75) is 33.2 Å². The SMILES string of the molecule is Cc1cc(C(O)=C2C(=O)C(=O)N(CCCN(C)C)[C@H]2c2cccnc2)ccc1OCC(C)C. The van der Waals surface area contributed by atoms with Gasteiger partial charge in [0.2, 0.25) is 0 Å². The van der Waals surface area contributed by atoms with Crippen LogP contribution in [0.15, 0.2) is 48.3 Å². The molecule has 1 aromatic heterocycles. The number of aliphatic hydroxyl groups excluding tert-OH is 1. The van der Waals surface area contributed by atoms with Crippen molar-refractivity contribution in [3.8, 4) is 5.75 Å². The molecule has 1 aliphatic rings. The van der Waals surface area contributed by atoms with Crippen LogP contribution in [0.2, 0.25) is 0 Å². The third kappa shape index (κ3) is 5.60. The Bertz CT molecular complexity index is 1030. The molecule has 0 saturated carbocycles. The van der Waals surface area contributed by atoms with Crippen molar-refractivity contribution in [3.05, 3.63) is 65.0 Å². The van der Waals surface area contributed by atoms with Gasteiger partial charge in [-0.25, -0.2) is 0 Å². The molecule has 7 heteroatoms. The number of aromatic nitrogens is 1. The van der Waals surface area contributed by atoms with Gasteiger partial charge in [-0.15, -0.1) is 0 Å². The zero-order chi connectivity index (χ0) is 24.1. The van der Waals surface area contributed by atoms with Gasteiger partial charge in [0, 0.05) is 24.5 Å². The minimum absolute atomic E-state index is 0.0908. The molecule has 1 amide bonds. The summed E-state index contributed by atoms with van der Waals surface area (Å²) in [7, 11) is 3.92. The number of carbonyl (C=O) groups excluding carboxylic acids is 2. The molecule has 1 fully saturated rings. The molecule has 176 valence electrons. The Kier molecular flexibility index (Phi) is 7.87. The molecule has 1 aliphatic heterocycles. The number of nitrogens with zero attached hydrogens (tertiary/aromatic N) is 3. The Labute approximate surface area is 195 Å². The highest BCUT2D eigenvalue weighted by molar-refractivity contribution is 6.46. The maximum absolute atomic E-state index is 13.1. The molecule has 0 radical (unpaired) electrons. The third-order valence-corrected chi connectivity index (χ3v) is 5.56. The van der Waals surface area contributed by atoms with Crippen LogP contribution in [0, 0.1) is 12.8 Å². The average Bonchev–Trinajstić information content (AvgIpc) is 3.03. The number of aliphatic hydroxyl groups is 1. The van der Waals surface area contributed by atoms with Crippen LogP contribution in [0.3, 0.4) is 0 Å². The quantitative estimate of drug-likeness (QED) is 0.355. The van der Waals surface area contributed by atoms with Crippen LogP contribution >= 0.6 is 0 Å². The molecule has 1 N–H and O–H groups in total. The summed E-state index contributed by atoms with van der Waals surface area (Å²) in [6, 6.07) is 8.20. The monoisotopic (exact) mass is 451 g/mol. The van der Waals surface area contributed by atoms with Gasteiger partial charge in [-0.05, 0) is 75.3 Å². The van der Waals surface area contributed by atoms with Gasteiger partial charge in [-0.2, -0.15) is 0 Å². The molecular weight excluding hydrogens is 418 g/mol. The van der Waals surface area contributed by atoms with Crippen molar-refractivity contribution >= 4 is 17.4 Å². The largest absolute Gasteiger partial charge is 0.507 e. The fraction of sp³-hybridized carbons (Fsp3) is 0.423. The summed E-state index contributed by atoms with van der Waals surface area (Å²) in [5.74, 6) is -0.341. The Morgan fingerprint density at radius 2 is 2.00 bits per heavy atom. The lowest BCUT2D eigenvalue weighted by Gasteiger charge is -2.25. The number of pyridine rings is 1. The summed E-state index contributed by atoms with van der Waals surface area (Å²) >= 11 is 0. The van der Waals surface area contributed by atoms with Crippen LogP contribution in [-0.4, -0.2) is 65.4 Å². The smallest absolute Gasteiger partial charge is 0.295 e. The van der Waals surface area contributed by atoms with Crippen molar-refractivity contribution in [1.29, 1.82) is 0 Å². The summed E-state index contributed by atoms with van der Waals surface area (Å²) in [6.45, 7) is 7.81. The molecule has 0 unspecified atom stereocenters. The van der Waals surface area contributed by atoms with Gasteiger partial charge < -0.3 is 19.6 Å². The first-order valence-electron chi connectivity index (χ1n) is 11.3. The van der Waals surface area contributed by atoms with Gasteiger partial charge in [-0.3, -0.25) is 14.6 Å². The molecule has 1 atom stereocenters. The lowest BCUT2D eigenvalue weighted by Crippen LogP contribution is -2.32. The minimum Gasteiger partial charge on any atom is -0.507 e. The highest BCUT2D eigenvalue weighted by Gasteiger charge is 2.45. The number of ketones is 1. The fourth-order valence-corrected chi connectivity index (χ4v) is 3.92. The molecule has 33 heavy (non-hydrogen) atoms. The number of likely N-dealkylation sites (tertiary alicyclic amines) is 1. The van der Waals surface area contributed by atoms with E-state index in [2.05, 4.69) is 18.8 Å². The Hall–Kier alpha value is -3.19. The number of ether oxygens (including phenoxy) is 1. The first kappa shape index (κ1) is 24.5. The molecule has 2 aromatic rings. The normalized spacial score (nSPS) is 17.9. The zero-order valence-corrected chi connectivity index (χ0v) is 20.0. The number of hydrogen-bond acceptors (Lipinski definition) is 6. The number of aryl methyl sites for hydroxylation is 1. The van der Waals surface area contributed by atoms with Crippen molar-refractivity contribution < 1.29 is 19.4 Å². The number of carbonyl (C=O) groups is 2. The first-order valence-corrected chi connectivity index (χ1v) is 11.3. The summed E-state index contributed by atoms with van der Waals surface area (Å²) in [6.07, 6.45) is 3.98. The van der Waals surface area contributed by atoms with E-state index in [9.17, 15) is 14.7 Å². The van der Waals surface area contributed by atoms with E-state index in [0.717, 1.165) is 17.9 Å². The molecule has 3 rings (SSSR count). The van der Waals surface area contributed by atoms with Crippen LogP contribution in [-0.2, 0) is 9.59 Å². The number of hydrogen-bond donors (Lipinski definition) is 1. The Morgan fingerprint density at radius 1 is 1.24 bits per heavy atom. The maximum Gasteiger partial charge on any atom is 0.295 e. The van der Waals surface area contributed by atoms with Crippen LogP contribution in [0.1, 0.15) is 43.0 Å². The molecule has 7 nitrogen and oxygen atoms in total. The van der Waals surface area contributed by atoms with E-state index in [4.69, 9.17) is 4.74 Å². The molecule has 0 aliphatic carbocycles. The fourth-order valence-electron chi connectivity index (χ4n) is 3.92. The van der Waals surface area contributed by atoms with Crippen LogP contribution in [0.25, 0.3) is 5.76 Å². The van der Waals surface area contributed by atoms with E-state index in [1.165, 1.54) is 0 Å². The second-order valence-corrected chi connectivity index (χ2v) is 9.12. The zero-order valence-electron chi connectivity index (χ0n) is 20.0. The summed E-state index contributed by atoms with van der Waals surface area (Å²) in [4.78, 5) is 33.8. The van der Waals surface area contributed by atoms with E-state index >= 15 is 0 Å². The number of benzene rings is 1. The average molecular weight is 452 g/mol. The van der Waals surface area contributed by atoms with E-state index < -0.39 is 17.7 Å². The van der Waals surface area contributed by atoms with Gasteiger partial charge in [0.25, 0.3) is 11.7 Å². The second kappa shape index (κ2) is 10.6. The Morgan fingerprint density at radius 3 is 2.61 bits per heavy atom. The number of amides is 1. The van der Waals surface area contributed by atoms with E-state index in [-0.39, 0.29) is 11.3 Å². The van der Waals surface area contributed by atoms with Crippen LogP contribution in [0.5, 0.6) is 5.75 Å². The molecule has 1 saturated heterocycles. The molecular formula is C26H33N3O4. The van der Waals surface area contributed by atoms with Crippen molar-refractivity contribution in [2.24, 2.45) is 5.92 Å². The lowest BCUT2D eigenvalue weighted by atomic mass is 9.95. The van der Waals surface area contributed by atoms with E-state index in [0.29, 0.717) is 36.6 Å². The second-order valence-electron chi connectivity index (χ2n) is 9.12. The summed E-state index contributed by atoms with van der Waals surface area (Å²) in [5.41, 5.74) is 2.10. The molecule has 0 bridgehead atoms. The molecule has 2 heterocycles. The van der Waals surface area contributed by atoms with Crippen LogP contribution < -0.4 is 4.74 Å². The van der Waals surface area contributed by atoms with Gasteiger partial charge >= 0.3 is 0 Å². The Balaban J connectivity index is 2.01. The summed E-state index contributed by atoms with van der Waals surface area (Å²) in [5, 5.41) is 11.2. The molecule has 1 aromatic carbocycles. The molecule has 0 spiro atoms. The standard InChI is InChI=1S/C26H33N3O4/c1-17(2)16-33-21-10-9-19(14-18(21)3)24(30)22-23(20-8-6-11-27-15-20)29(26(32)25(22)31)13-7-12-28(4)5/h6,8-11,14-15,17,23,30H,7,12-13,16H2,1-5H3/t23-/m0/s1. The van der Waals surface area contributed by atoms with Crippen molar-refractivity contribution in [3.63, 3.8) is 0 Å². The lowest BCUT2D eigenvalue weighted by molar-refractivity contribution is -0.139. The summed E-state index contributed by atoms with van der Waals surface area (Å²) < 4.78 is 5.83. The van der Waals surface area contributed by atoms with E-state index in [1.807, 2.05) is 32.0 Å². The van der Waals surface area contributed by atoms with Gasteiger partial charge in [0.05, 0.1) is 18.2 Å². The van der Waals surface area contributed by atoms with Crippen LogP contribution in [0.4, 0.5) is 0 Å². The van der Waals surface area contributed by atoms with Gasteiger partial charge in [-0.1, -0.05) is 19.9 Å². The number of rotatable bonds is 9. The highest BCUT2D eigenvalue weighted by Crippen LogP contribution is 2.39. The third-order valence-electron chi connectivity index (χ3n) is 5.56. The predicted molar refractivity (Wildman–Crippen MR) is 128 cm³/mol. The van der Waals surface area contributed by atoms with Crippen molar-refractivity contribution in [1.82, 2.24) is 14.8 Å². The topological polar surface area (TPSA) is 83.0 Å². The maximum atomic E-state index is 13.1. The van der Waals surface area contributed by atoms with Gasteiger partial charge in [0.15, 0.2) is 0 Å². The van der Waals surface area contributed by atoms with Gasteiger partial charge in [0.1, 0.15) is 11.5 Å². The van der Waals surface area contributed by atoms with E-state index in [1.54, 1.807) is 41.6 Å². The van der Waals surface area contributed by atoms with Crippen molar-refractivity contribution in [2.75, 3.05) is 33.8 Å². The first-order chi connectivity index (χ1) is 15.7. The minimum atomic E-state index is -0.682. The predicted octanol–water partition coefficient (Wildman–Crippen LogP) is 3.80.